The minimum atomic E-state index is -3.84. The molecular formula is C24H30N2O6S. The van der Waals surface area contributed by atoms with E-state index in [9.17, 15) is 18.0 Å². The number of benzene rings is 2. The van der Waals surface area contributed by atoms with Crippen LogP contribution < -0.4 is 4.74 Å². The number of rotatable bonds is 8. The van der Waals surface area contributed by atoms with Crippen molar-refractivity contribution >= 4 is 21.9 Å². The largest absolute Gasteiger partial charge is 0.495 e. The van der Waals surface area contributed by atoms with E-state index in [0.29, 0.717) is 19.6 Å². The Labute approximate surface area is 195 Å². The third-order valence-electron chi connectivity index (χ3n) is 5.60. The summed E-state index contributed by atoms with van der Waals surface area (Å²) in [7, 11) is -0.826. The number of amides is 1. The summed E-state index contributed by atoms with van der Waals surface area (Å²) in [6, 6.07) is 13.6. The maximum Gasteiger partial charge on any atom is 0.338 e. The molecule has 1 aliphatic rings. The summed E-state index contributed by atoms with van der Waals surface area (Å²) in [5.41, 5.74) is 1.00. The van der Waals surface area contributed by atoms with Gasteiger partial charge in [0.05, 0.1) is 12.7 Å². The molecule has 0 N–H and O–H groups in total. The molecule has 0 atom stereocenters. The predicted octanol–water partition coefficient (Wildman–Crippen LogP) is 3.08. The molecule has 2 aromatic rings. The molecule has 2 aromatic carbocycles. The molecule has 33 heavy (non-hydrogen) atoms. The maximum atomic E-state index is 13.3. The molecule has 0 spiro atoms. The highest BCUT2D eigenvalue weighted by atomic mass is 32.2. The lowest BCUT2D eigenvalue weighted by Gasteiger charge is -2.21. The van der Waals surface area contributed by atoms with E-state index in [4.69, 9.17) is 9.47 Å². The zero-order valence-electron chi connectivity index (χ0n) is 19.0. The average molecular weight is 475 g/mol. The Kier molecular flexibility index (Phi) is 8.46. The van der Waals surface area contributed by atoms with Crippen LogP contribution in [0.5, 0.6) is 5.75 Å². The van der Waals surface area contributed by atoms with E-state index in [1.807, 2.05) is 30.3 Å². The van der Waals surface area contributed by atoms with Gasteiger partial charge in [-0.2, -0.15) is 4.31 Å². The van der Waals surface area contributed by atoms with Gasteiger partial charge >= 0.3 is 5.97 Å². The summed E-state index contributed by atoms with van der Waals surface area (Å²) in [6.07, 6.45) is 3.56. The molecule has 8 nitrogen and oxygen atoms in total. The van der Waals surface area contributed by atoms with Crippen LogP contribution in [-0.4, -0.2) is 63.4 Å². The lowest BCUT2D eigenvalue weighted by Crippen LogP contribution is -2.32. The van der Waals surface area contributed by atoms with Gasteiger partial charge in [0, 0.05) is 26.7 Å². The zero-order valence-corrected chi connectivity index (χ0v) is 19.8. The highest BCUT2D eigenvalue weighted by Gasteiger charge is 2.29. The van der Waals surface area contributed by atoms with Crippen molar-refractivity contribution in [3.05, 3.63) is 59.7 Å². The summed E-state index contributed by atoms with van der Waals surface area (Å²) >= 11 is 0. The van der Waals surface area contributed by atoms with Crippen molar-refractivity contribution in [3.8, 4) is 5.75 Å². The molecule has 1 fully saturated rings. The van der Waals surface area contributed by atoms with E-state index in [-0.39, 0.29) is 22.1 Å². The van der Waals surface area contributed by atoms with Crippen LogP contribution in [0, 0.1) is 0 Å². The summed E-state index contributed by atoms with van der Waals surface area (Å²) in [5.74, 6) is -0.973. The number of sulfonamides is 1. The number of carbonyl (C=O) groups is 2. The number of hydrogen-bond acceptors (Lipinski definition) is 6. The summed E-state index contributed by atoms with van der Waals surface area (Å²) in [5, 5.41) is 0. The van der Waals surface area contributed by atoms with E-state index in [1.54, 1.807) is 7.05 Å². The fourth-order valence-electron chi connectivity index (χ4n) is 3.69. The number of esters is 1. The summed E-state index contributed by atoms with van der Waals surface area (Å²) in [6.45, 7) is 0.811. The Hall–Kier alpha value is -2.91. The quantitative estimate of drug-likeness (QED) is 0.546. The van der Waals surface area contributed by atoms with Crippen LogP contribution in [0.25, 0.3) is 0 Å². The van der Waals surface area contributed by atoms with Crippen LogP contribution in [0.3, 0.4) is 0 Å². The fourth-order valence-corrected chi connectivity index (χ4v) is 5.39. The van der Waals surface area contributed by atoms with Crippen molar-refractivity contribution in [2.24, 2.45) is 0 Å². The third-order valence-corrected chi connectivity index (χ3v) is 7.52. The molecule has 0 bridgehead atoms. The zero-order chi connectivity index (χ0) is 23.8. The van der Waals surface area contributed by atoms with Gasteiger partial charge in [0.25, 0.3) is 5.91 Å². The molecule has 1 aliphatic heterocycles. The van der Waals surface area contributed by atoms with Crippen LogP contribution in [0.15, 0.2) is 53.4 Å². The van der Waals surface area contributed by atoms with Gasteiger partial charge in [-0.3, -0.25) is 4.79 Å². The van der Waals surface area contributed by atoms with Crippen molar-refractivity contribution in [1.29, 1.82) is 0 Å². The number of hydrogen-bond donors (Lipinski definition) is 0. The molecule has 0 aliphatic carbocycles. The molecule has 178 valence electrons. The molecule has 9 heteroatoms. The number of carbonyl (C=O) groups excluding carboxylic acids is 2. The molecule has 1 heterocycles. The van der Waals surface area contributed by atoms with Crippen molar-refractivity contribution in [3.63, 3.8) is 0 Å². The monoisotopic (exact) mass is 474 g/mol. The summed E-state index contributed by atoms with van der Waals surface area (Å²) < 4.78 is 38.4. The van der Waals surface area contributed by atoms with Gasteiger partial charge in [0.15, 0.2) is 6.61 Å². The molecule has 0 unspecified atom stereocenters. The second-order valence-corrected chi connectivity index (χ2v) is 9.90. The first-order valence-corrected chi connectivity index (χ1v) is 12.4. The molecule has 3 rings (SSSR count). The van der Waals surface area contributed by atoms with Gasteiger partial charge in [-0.1, -0.05) is 43.2 Å². The second-order valence-electron chi connectivity index (χ2n) is 8.00. The van der Waals surface area contributed by atoms with Gasteiger partial charge in [0.2, 0.25) is 10.0 Å². The SMILES string of the molecule is COc1ccc(C(=O)OCC(=O)N(C)Cc2ccccc2)cc1S(=O)(=O)N1CCCCCC1. The Bertz CT molecular complexity index is 1060. The highest BCUT2D eigenvalue weighted by molar-refractivity contribution is 7.89. The summed E-state index contributed by atoms with van der Waals surface area (Å²) in [4.78, 5) is 26.4. The van der Waals surface area contributed by atoms with Crippen molar-refractivity contribution in [1.82, 2.24) is 9.21 Å². The van der Waals surface area contributed by atoms with E-state index in [2.05, 4.69) is 0 Å². The van der Waals surface area contributed by atoms with Crippen LogP contribution in [0.4, 0.5) is 0 Å². The maximum absolute atomic E-state index is 13.3. The van der Waals surface area contributed by atoms with E-state index in [1.165, 1.54) is 34.5 Å². The van der Waals surface area contributed by atoms with Crippen LogP contribution in [-0.2, 0) is 26.1 Å². The second kappa shape index (κ2) is 11.3. The van der Waals surface area contributed by atoms with E-state index >= 15 is 0 Å². The lowest BCUT2D eigenvalue weighted by molar-refractivity contribution is -0.133. The standard InChI is InChI=1S/C24H30N2O6S/c1-25(17-19-10-6-5-7-11-19)23(27)18-32-24(28)20-12-13-21(31-2)22(16-20)33(29,30)26-14-8-3-4-9-15-26/h5-7,10-13,16H,3-4,8-9,14-15,17-18H2,1-2H3. The minimum absolute atomic E-state index is 0.0442. The fraction of sp³-hybridized carbons (Fsp3) is 0.417. The first-order valence-electron chi connectivity index (χ1n) is 11.0. The topological polar surface area (TPSA) is 93.2 Å². The molecule has 0 radical (unpaired) electrons. The van der Waals surface area contributed by atoms with Crippen LogP contribution in [0.2, 0.25) is 0 Å². The number of likely N-dealkylation sites (N-methyl/N-ethyl adjacent to an activating group) is 1. The Morgan fingerprint density at radius 1 is 1.00 bits per heavy atom. The molecular weight excluding hydrogens is 444 g/mol. The Morgan fingerprint density at radius 2 is 1.67 bits per heavy atom. The van der Waals surface area contributed by atoms with Gasteiger partial charge < -0.3 is 14.4 Å². The predicted molar refractivity (Wildman–Crippen MR) is 123 cm³/mol. The van der Waals surface area contributed by atoms with Gasteiger partial charge in [-0.15, -0.1) is 0 Å². The van der Waals surface area contributed by atoms with Crippen molar-refractivity contribution < 1.29 is 27.5 Å². The van der Waals surface area contributed by atoms with Gasteiger partial charge in [0.1, 0.15) is 10.6 Å². The molecule has 1 saturated heterocycles. The van der Waals surface area contributed by atoms with Crippen LogP contribution >= 0.6 is 0 Å². The molecule has 0 aromatic heterocycles. The van der Waals surface area contributed by atoms with Gasteiger partial charge in [-0.05, 0) is 36.6 Å². The van der Waals surface area contributed by atoms with Crippen LogP contribution in [0.1, 0.15) is 41.6 Å². The minimum Gasteiger partial charge on any atom is -0.495 e. The average Bonchev–Trinajstić information content (AvgIpc) is 3.13. The first-order chi connectivity index (χ1) is 15.8. The first kappa shape index (κ1) is 24.7. The van der Waals surface area contributed by atoms with Crippen molar-refractivity contribution in [2.45, 2.75) is 37.1 Å². The molecule has 1 amide bonds. The smallest absolute Gasteiger partial charge is 0.338 e. The number of methoxy groups -OCH3 is 1. The van der Waals surface area contributed by atoms with E-state index in [0.717, 1.165) is 31.2 Å². The number of nitrogens with zero attached hydrogens (tertiary/aromatic N) is 2. The Balaban J connectivity index is 1.70. The molecule has 0 saturated carbocycles. The van der Waals surface area contributed by atoms with Crippen molar-refractivity contribution in [2.75, 3.05) is 33.9 Å². The van der Waals surface area contributed by atoms with Gasteiger partial charge in [-0.25, -0.2) is 13.2 Å². The van der Waals surface area contributed by atoms with E-state index < -0.39 is 22.6 Å². The number of ether oxygens (including phenoxy) is 2. The lowest BCUT2D eigenvalue weighted by atomic mass is 10.2. The third kappa shape index (κ3) is 6.33. The Morgan fingerprint density at radius 3 is 2.30 bits per heavy atom. The normalized spacial score (nSPS) is 14.8. The highest BCUT2D eigenvalue weighted by Crippen LogP contribution is 2.29.